The van der Waals surface area contributed by atoms with Crippen LogP contribution in [0.2, 0.25) is 19.1 Å². The number of rotatable bonds is 16. The smallest absolute Gasteiger partial charge is 0.252 e. The molecule has 112 heavy (non-hydrogen) atoms. The molecule has 4 aliphatic heterocycles. The summed E-state index contributed by atoms with van der Waals surface area (Å²) in [6.45, 7) is 21.7. The predicted octanol–water partition coefficient (Wildman–Crippen LogP) is 19.9. The minimum absolute atomic E-state index is 0.0344. The van der Waals surface area contributed by atoms with Crippen LogP contribution in [0.4, 0.5) is 85.3 Å². The molecule has 0 aliphatic carbocycles. The van der Waals surface area contributed by atoms with Crippen molar-refractivity contribution in [1.29, 1.82) is 0 Å². The minimum atomic E-state index is -3.13. The first kappa shape index (κ1) is 70.3. The molecule has 4 aliphatic rings. The first-order chi connectivity index (χ1) is 54.5. The van der Waals surface area contributed by atoms with E-state index in [4.69, 9.17) is 0 Å². The summed E-state index contributed by atoms with van der Waals surface area (Å²) in [4.78, 5) is 12.9. The van der Waals surface area contributed by atoms with Crippen LogP contribution >= 0.6 is 0 Å². The van der Waals surface area contributed by atoms with Crippen molar-refractivity contribution >= 4 is 174 Å². The standard InChI is InChI=1S/C103H91B2N5Si2/c1-72-49-55-80(56-50-72)108-93-61-51-73(2)65-90(93)105-89-60-59-82(106(76-33-17-10-18-34-76)77-35-19-11-20-36-77)67-95(89)110(79-39-23-13-24-40-79)97-69-86(68-96(108)100(97)105)111(8,9)64-63-103(6,7)75-54-62-94-91(66-75)104-88-47-31-32-48-92(88)107(78-37-21-12-22-38-78)98-70-87(71-99(101(98)104)109(94)81-57-52-74(53-58-81)102(3,4)5)112(83-41-25-14-26-42-83,84-43-27-15-28-44-84)85-45-29-16-30-46-85/h10-62,65-71H,63-64H2,1-9H3. The van der Waals surface area contributed by atoms with E-state index in [9.17, 15) is 0 Å². The number of fused-ring (bicyclic) bond motifs is 8. The quantitative estimate of drug-likeness (QED) is 0.0706. The van der Waals surface area contributed by atoms with E-state index in [1.807, 2.05) is 0 Å². The molecule has 0 amide bonds. The lowest BCUT2D eigenvalue weighted by Gasteiger charge is -2.46. The zero-order valence-electron chi connectivity index (χ0n) is 65.4. The summed E-state index contributed by atoms with van der Waals surface area (Å²) in [5.74, 6) is 0. The third-order valence-corrected chi connectivity index (χ3v) is 32.9. The SMILES string of the molecule is Cc1ccc(N2c3ccc(C)cc3B3c4ccc(N(c5ccccc5)c5ccccc5)cc4N(c4ccccc4)c4cc([Si](C)(C)CCC(C)(C)c5ccc6c(c5)B5c7ccccc7N(c7ccccc7)c7cc([Si](c8ccccc8)(c8ccccc8)c8ccccc8)cc(c75)N6c5ccc(C(C)(C)C)cc5)cc2c43)cc1. The molecule has 0 spiro atoms. The van der Waals surface area contributed by atoms with Gasteiger partial charge in [-0.25, -0.2) is 0 Å². The van der Waals surface area contributed by atoms with Crippen molar-refractivity contribution in [3.8, 4) is 0 Å². The highest BCUT2D eigenvalue weighted by Gasteiger charge is 2.50. The number of nitrogens with zero attached hydrogens (tertiary/aromatic N) is 5. The van der Waals surface area contributed by atoms with Gasteiger partial charge >= 0.3 is 0 Å². The van der Waals surface area contributed by atoms with E-state index in [1.165, 1.54) is 132 Å². The number of aryl methyl sites for hydroxylation is 2. The first-order valence-electron chi connectivity index (χ1n) is 39.9. The Labute approximate surface area is 664 Å². The predicted molar refractivity (Wildman–Crippen MR) is 487 cm³/mol. The van der Waals surface area contributed by atoms with Crippen LogP contribution in [-0.4, -0.2) is 29.6 Å². The van der Waals surface area contributed by atoms with E-state index in [0.29, 0.717) is 0 Å². The molecule has 0 saturated heterocycles. The minimum Gasteiger partial charge on any atom is -0.311 e. The molecule has 0 N–H and O–H groups in total. The van der Waals surface area contributed by atoms with Crippen molar-refractivity contribution in [2.75, 3.05) is 24.5 Å². The lowest BCUT2D eigenvalue weighted by molar-refractivity contribution is 0.503. The van der Waals surface area contributed by atoms with Crippen LogP contribution in [0.1, 0.15) is 63.3 Å². The number of benzene rings is 15. The van der Waals surface area contributed by atoms with Crippen LogP contribution in [0.3, 0.4) is 0 Å². The van der Waals surface area contributed by atoms with Gasteiger partial charge in [0.05, 0.1) is 8.07 Å². The molecule has 0 unspecified atom stereocenters. The van der Waals surface area contributed by atoms with Crippen molar-refractivity contribution in [2.24, 2.45) is 0 Å². The fourth-order valence-electron chi connectivity index (χ4n) is 18.9. The molecule has 0 radical (unpaired) electrons. The fraction of sp³-hybridized carbons (Fsp3) is 0.126. The topological polar surface area (TPSA) is 16.2 Å². The van der Waals surface area contributed by atoms with Gasteiger partial charge in [-0.05, 0) is 223 Å². The molecule has 5 nitrogen and oxygen atoms in total. The summed E-state index contributed by atoms with van der Waals surface area (Å²) in [6, 6.07) is 140. The average molecular weight is 1480 g/mol. The third-order valence-electron chi connectivity index (χ3n) is 24.8. The van der Waals surface area contributed by atoms with Gasteiger partial charge in [0.15, 0.2) is 8.07 Å². The van der Waals surface area contributed by atoms with Crippen LogP contribution in [0.5, 0.6) is 0 Å². The Morgan fingerprint density at radius 2 is 0.661 bits per heavy atom. The highest BCUT2D eigenvalue weighted by Crippen LogP contribution is 2.49. The van der Waals surface area contributed by atoms with Crippen molar-refractivity contribution in [1.82, 2.24) is 0 Å². The summed E-state index contributed by atoms with van der Waals surface area (Å²) < 4.78 is 0. The lowest BCUT2D eigenvalue weighted by atomic mass is 9.33. The summed E-state index contributed by atoms with van der Waals surface area (Å²) in [6.07, 6.45) is 0.991. The van der Waals surface area contributed by atoms with Crippen LogP contribution < -0.4 is 83.2 Å². The highest BCUT2D eigenvalue weighted by atomic mass is 28.3. The van der Waals surface area contributed by atoms with Crippen molar-refractivity contribution in [2.45, 2.75) is 84.9 Å². The maximum Gasteiger partial charge on any atom is 0.252 e. The van der Waals surface area contributed by atoms with Crippen molar-refractivity contribution in [3.63, 3.8) is 0 Å². The monoisotopic (exact) mass is 1480 g/mol. The Kier molecular flexibility index (Phi) is 17.4. The van der Waals surface area contributed by atoms with Crippen LogP contribution in [0.25, 0.3) is 0 Å². The summed E-state index contributed by atoms with van der Waals surface area (Å²) >= 11 is 0. The second-order valence-corrected chi connectivity index (χ2v) is 42.3. The maximum atomic E-state index is 2.65. The van der Waals surface area contributed by atoms with Gasteiger partial charge in [0.25, 0.3) is 13.4 Å². The van der Waals surface area contributed by atoms with E-state index >= 15 is 0 Å². The Morgan fingerprint density at radius 1 is 0.286 bits per heavy atom. The molecule has 0 saturated carbocycles. The molecule has 0 bridgehead atoms. The van der Waals surface area contributed by atoms with E-state index in [1.54, 1.807) is 0 Å². The Balaban J connectivity index is 0.781. The molecule has 19 rings (SSSR count). The maximum absolute atomic E-state index is 3.13. The first-order valence-corrected chi connectivity index (χ1v) is 45.1. The zero-order chi connectivity index (χ0) is 76.2. The summed E-state index contributed by atoms with van der Waals surface area (Å²) in [5, 5.41) is 6.82. The number of hydrogen-bond acceptors (Lipinski definition) is 5. The van der Waals surface area contributed by atoms with Gasteiger partial charge in [-0.15, -0.1) is 0 Å². The Hall–Kier alpha value is -12.1. The van der Waals surface area contributed by atoms with E-state index in [2.05, 4.69) is 450 Å². The molecule has 15 aromatic carbocycles. The Bertz CT molecular complexity index is 5900. The number of hydrogen-bond donors (Lipinski definition) is 0. The van der Waals surface area contributed by atoms with Crippen LogP contribution in [-0.2, 0) is 10.8 Å². The third kappa shape index (κ3) is 11.8. The van der Waals surface area contributed by atoms with Gasteiger partial charge in [-0.1, -0.05) is 307 Å². The van der Waals surface area contributed by atoms with E-state index in [0.717, 1.165) is 46.6 Å². The summed E-state index contributed by atoms with van der Waals surface area (Å²) in [7, 11) is -5.56. The second-order valence-electron chi connectivity index (χ2n) is 33.6. The second kappa shape index (κ2) is 27.7. The molecular formula is C103H91B2N5Si2. The zero-order valence-corrected chi connectivity index (χ0v) is 67.4. The van der Waals surface area contributed by atoms with Crippen LogP contribution in [0, 0.1) is 13.8 Å². The van der Waals surface area contributed by atoms with Gasteiger partial charge in [0.2, 0.25) is 0 Å². The molecule has 4 heterocycles. The lowest BCUT2D eigenvalue weighted by Crippen LogP contribution is -2.75. The molecule has 542 valence electrons. The largest absolute Gasteiger partial charge is 0.311 e. The van der Waals surface area contributed by atoms with Crippen LogP contribution in [0.15, 0.2) is 364 Å². The van der Waals surface area contributed by atoms with E-state index in [-0.39, 0.29) is 24.3 Å². The number of anilines is 15. The van der Waals surface area contributed by atoms with Gasteiger partial charge in [-0.2, -0.15) is 0 Å². The Morgan fingerprint density at radius 3 is 1.15 bits per heavy atom. The van der Waals surface area contributed by atoms with E-state index < -0.39 is 16.1 Å². The van der Waals surface area contributed by atoms with Crippen molar-refractivity contribution < 1.29 is 0 Å². The van der Waals surface area contributed by atoms with Gasteiger partial charge in [0.1, 0.15) is 0 Å². The summed E-state index contributed by atoms with van der Waals surface area (Å²) in [5.41, 5.74) is 30.5. The number of para-hydroxylation sites is 5. The normalized spacial score (nSPS) is 13.4. The van der Waals surface area contributed by atoms with Crippen molar-refractivity contribution in [3.05, 3.63) is 386 Å². The molecule has 0 fully saturated rings. The molecular weight excluding hydrogens is 1380 g/mol. The molecule has 0 aromatic heterocycles. The fourth-order valence-corrected chi connectivity index (χ4v) is 26.3. The molecule has 9 heteroatoms. The highest BCUT2D eigenvalue weighted by molar-refractivity contribution is 7.20. The molecule has 15 aromatic rings. The van der Waals surface area contributed by atoms with Gasteiger partial charge in [-0.3, -0.25) is 0 Å². The average Bonchev–Trinajstić information content (AvgIpc) is 0.696. The van der Waals surface area contributed by atoms with Gasteiger partial charge < -0.3 is 24.5 Å². The van der Waals surface area contributed by atoms with Gasteiger partial charge in [0, 0.05) is 85.3 Å². The molecule has 0 atom stereocenters.